The molecule has 1 aliphatic carbocycles. The van der Waals surface area contributed by atoms with Gasteiger partial charge in [-0.2, -0.15) is 13.2 Å². The zero-order chi connectivity index (χ0) is 18.4. The third-order valence-corrected chi connectivity index (χ3v) is 4.02. The fraction of sp³-hybridized carbons (Fsp3) is 0.562. The summed E-state index contributed by atoms with van der Waals surface area (Å²) in [4.78, 5) is 8.90. The lowest BCUT2D eigenvalue weighted by molar-refractivity contribution is -0.192. The van der Waals surface area contributed by atoms with Crippen LogP contribution in [-0.4, -0.2) is 42.5 Å². The number of nitrogens with one attached hydrogen (secondary N) is 1. The van der Waals surface area contributed by atoms with Gasteiger partial charge in [-0.15, -0.1) is 0 Å². The Hall–Kier alpha value is -1.67. The summed E-state index contributed by atoms with van der Waals surface area (Å²) in [6.45, 7) is 1.80. The number of benzene rings is 1. The van der Waals surface area contributed by atoms with E-state index < -0.39 is 12.1 Å². The van der Waals surface area contributed by atoms with Crippen molar-refractivity contribution in [2.45, 2.75) is 44.1 Å². The third-order valence-electron chi connectivity index (χ3n) is 3.78. The van der Waals surface area contributed by atoms with E-state index in [4.69, 9.17) is 31.0 Å². The fourth-order valence-electron chi connectivity index (χ4n) is 2.38. The number of carboxylic acids is 1. The first-order valence-electron chi connectivity index (χ1n) is 7.89. The molecule has 25 heavy (non-hydrogen) atoms. The van der Waals surface area contributed by atoms with Crippen molar-refractivity contribution < 1.29 is 32.5 Å². The molecule has 9 heteroatoms. The van der Waals surface area contributed by atoms with Gasteiger partial charge in [0.2, 0.25) is 0 Å². The number of hydrogen-bond donors (Lipinski definition) is 2. The molecule has 0 atom stereocenters. The maximum Gasteiger partial charge on any atom is 0.490 e. The van der Waals surface area contributed by atoms with Crippen molar-refractivity contribution in [3.63, 3.8) is 0 Å². The van der Waals surface area contributed by atoms with Gasteiger partial charge in [-0.25, -0.2) is 4.79 Å². The Bertz CT molecular complexity index is 587. The molecule has 0 spiro atoms. The molecule has 0 amide bonds. The first-order chi connectivity index (χ1) is 11.8. The van der Waals surface area contributed by atoms with Crippen LogP contribution in [0.5, 0.6) is 11.5 Å². The maximum absolute atomic E-state index is 10.6. The largest absolute Gasteiger partial charge is 0.490 e. The molecule has 1 saturated carbocycles. The molecular weight excluding hydrogens is 363 g/mol. The van der Waals surface area contributed by atoms with E-state index in [1.165, 1.54) is 12.8 Å². The second kappa shape index (κ2) is 8.62. The zero-order valence-electron chi connectivity index (χ0n) is 13.3. The summed E-state index contributed by atoms with van der Waals surface area (Å²) in [7, 11) is 0. The van der Waals surface area contributed by atoms with Crippen LogP contribution >= 0.6 is 11.6 Å². The number of rotatable bonds is 4. The van der Waals surface area contributed by atoms with E-state index in [0.29, 0.717) is 11.1 Å². The van der Waals surface area contributed by atoms with Gasteiger partial charge in [0, 0.05) is 24.2 Å². The predicted molar refractivity (Wildman–Crippen MR) is 85.3 cm³/mol. The molecule has 5 nitrogen and oxygen atoms in total. The molecule has 1 aromatic rings. The highest BCUT2D eigenvalue weighted by atomic mass is 35.5. The second-order valence-electron chi connectivity index (χ2n) is 5.82. The molecule has 1 saturated heterocycles. The normalized spacial score (nSPS) is 18.1. The minimum atomic E-state index is -5.08. The number of carboxylic acid groups (broad SMARTS) is 1. The van der Waals surface area contributed by atoms with Crippen molar-refractivity contribution in [2.24, 2.45) is 0 Å². The van der Waals surface area contributed by atoms with Crippen LogP contribution in [0.1, 0.15) is 25.7 Å². The molecule has 0 bridgehead atoms. The molecule has 0 unspecified atom stereocenters. The molecule has 2 fully saturated rings. The van der Waals surface area contributed by atoms with E-state index in [-0.39, 0.29) is 6.10 Å². The lowest BCUT2D eigenvalue weighted by atomic mass is 10.2. The van der Waals surface area contributed by atoms with Gasteiger partial charge in [0.1, 0.15) is 6.10 Å². The van der Waals surface area contributed by atoms with Gasteiger partial charge >= 0.3 is 12.1 Å². The molecule has 1 aliphatic heterocycles. The Morgan fingerprint density at radius 3 is 2.16 bits per heavy atom. The predicted octanol–water partition coefficient (Wildman–Crippen LogP) is 3.65. The molecule has 0 radical (unpaired) electrons. The van der Waals surface area contributed by atoms with Gasteiger partial charge in [-0.1, -0.05) is 11.6 Å². The van der Waals surface area contributed by atoms with E-state index in [0.717, 1.165) is 37.4 Å². The van der Waals surface area contributed by atoms with Gasteiger partial charge < -0.3 is 19.9 Å². The van der Waals surface area contributed by atoms with E-state index in [1.54, 1.807) is 0 Å². The monoisotopic (exact) mass is 381 g/mol. The molecule has 2 aliphatic rings. The quantitative estimate of drug-likeness (QED) is 0.833. The van der Waals surface area contributed by atoms with Crippen LogP contribution in [0.2, 0.25) is 5.02 Å². The number of alkyl halides is 3. The Morgan fingerprint density at radius 2 is 1.68 bits per heavy atom. The van der Waals surface area contributed by atoms with Gasteiger partial charge in [-0.3, -0.25) is 0 Å². The van der Waals surface area contributed by atoms with Crippen molar-refractivity contribution in [2.75, 3.05) is 13.1 Å². The summed E-state index contributed by atoms with van der Waals surface area (Å²) < 4.78 is 43.7. The molecule has 140 valence electrons. The average molecular weight is 382 g/mol. The van der Waals surface area contributed by atoms with Crippen LogP contribution in [0.4, 0.5) is 13.2 Å². The molecule has 1 heterocycles. The minimum Gasteiger partial charge on any atom is -0.487 e. The molecule has 0 aromatic heterocycles. The van der Waals surface area contributed by atoms with Gasteiger partial charge in [0.05, 0.1) is 6.10 Å². The van der Waals surface area contributed by atoms with Crippen molar-refractivity contribution in [3.05, 3.63) is 23.2 Å². The van der Waals surface area contributed by atoms with Gasteiger partial charge in [-0.05, 0) is 37.8 Å². The molecule has 3 rings (SSSR count). The smallest absolute Gasteiger partial charge is 0.487 e. The average Bonchev–Trinajstić information content (AvgIpc) is 2.98. The van der Waals surface area contributed by atoms with Gasteiger partial charge in [0.25, 0.3) is 0 Å². The summed E-state index contributed by atoms with van der Waals surface area (Å²) >= 11 is 6.03. The van der Waals surface area contributed by atoms with Crippen LogP contribution in [-0.2, 0) is 4.79 Å². The third kappa shape index (κ3) is 6.28. The highest BCUT2D eigenvalue weighted by Crippen LogP contribution is 2.34. The summed E-state index contributed by atoms with van der Waals surface area (Å²) in [5, 5.41) is 11.0. The van der Waals surface area contributed by atoms with Crippen molar-refractivity contribution in [3.8, 4) is 11.5 Å². The molecule has 1 aromatic carbocycles. The first-order valence-corrected chi connectivity index (χ1v) is 8.27. The first kappa shape index (κ1) is 19.7. The standard InChI is InChI=1S/C14H18ClNO2.C2HF3O2/c15-10-5-6-13(17-11-3-1-2-4-11)14(7-10)18-12-8-16-9-12;3-2(4,5)1(6)7/h5-7,11-12,16H,1-4,8-9H2;(H,6,7). The molecular formula is C16H19ClF3NO4. The Morgan fingerprint density at radius 1 is 1.12 bits per heavy atom. The van der Waals surface area contributed by atoms with Gasteiger partial charge in [0.15, 0.2) is 11.5 Å². The second-order valence-corrected chi connectivity index (χ2v) is 6.25. The summed E-state index contributed by atoms with van der Waals surface area (Å²) in [5.41, 5.74) is 0. The minimum absolute atomic E-state index is 0.245. The van der Waals surface area contributed by atoms with Crippen LogP contribution in [0.3, 0.4) is 0 Å². The van der Waals surface area contributed by atoms with E-state index in [9.17, 15) is 13.2 Å². The Balaban J connectivity index is 0.000000277. The Kier molecular flexibility index (Phi) is 6.78. The number of aliphatic carboxylic acids is 1. The number of ether oxygens (including phenoxy) is 2. The summed E-state index contributed by atoms with van der Waals surface area (Å²) in [5.74, 6) is -1.15. The summed E-state index contributed by atoms with van der Waals surface area (Å²) in [6, 6.07) is 5.63. The lowest BCUT2D eigenvalue weighted by Gasteiger charge is -2.29. The SMILES string of the molecule is Clc1ccc(OC2CCCC2)c(OC2CNC2)c1.O=C(O)C(F)(F)F. The fourth-order valence-corrected chi connectivity index (χ4v) is 2.54. The van der Waals surface area contributed by atoms with Crippen molar-refractivity contribution >= 4 is 17.6 Å². The van der Waals surface area contributed by atoms with E-state index in [2.05, 4.69) is 5.32 Å². The number of halogens is 4. The van der Waals surface area contributed by atoms with E-state index in [1.807, 2.05) is 18.2 Å². The molecule has 2 N–H and O–H groups in total. The number of carbonyl (C=O) groups is 1. The highest BCUT2D eigenvalue weighted by molar-refractivity contribution is 6.30. The van der Waals surface area contributed by atoms with Crippen LogP contribution in [0, 0.1) is 0 Å². The number of hydrogen-bond acceptors (Lipinski definition) is 4. The van der Waals surface area contributed by atoms with Crippen molar-refractivity contribution in [1.82, 2.24) is 5.32 Å². The van der Waals surface area contributed by atoms with Crippen LogP contribution < -0.4 is 14.8 Å². The van der Waals surface area contributed by atoms with Crippen LogP contribution in [0.25, 0.3) is 0 Å². The van der Waals surface area contributed by atoms with Crippen LogP contribution in [0.15, 0.2) is 18.2 Å². The maximum atomic E-state index is 10.6. The highest BCUT2D eigenvalue weighted by Gasteiger charge is 2.38. The zero-order valence-corrected chi connectivity index (χ0v) is 14.1. The topological polar surface area (TPSA) is 67.8 Å². The van der Waals surface area contributed by atoms with Crippen molar-refractivity contribution in [1.29, 1.82) is 0 Å². The lowest BCUT2D eigenvalue weighted by Crippen LogP contribution is -2.50. The van der Waals surface area contributed by atoms with E-state index >= 15 is 0 Å². The Labute approximate surface area is 148 Å². The summed E-state index contributed by atoms with van der Waals surface area (Å²) in [6.07, 6.45) is 0.324.